The van der Waals surface area contributed by atoms with Crippen molar-refractivity contribution in [2.75, 3.05) is 0 Å². The topological polar surface area (TPSA) is 34.9 Å². The summed E-state index contributed by atoms with van der Waals surface area (Å²) in [7, 11) is 0. The monoisotopic (exact) mass is 260 g/mol. The molecule has 0 radical (unpaired) electrons. The lowest BCUT2D eigenvalue weighted by Gasteiger charge is -2.04. The van der Waals surface area contributed by atoms with Crippen LogP contribution in [0.5, 0.6) is 0 Å². The van der Waals surface area contributed by atoms with Gasteiger partial charge in [-0.15, -0.1) is 11.8 Å². The van der Waals surface area contributed by atoms with Crippen LogP contribution < -0.4 is 0 Å². The molecule has 3 nitrogen and oxygen atoms in total. The number of hydrogen-bond acceptors (Lipinski definition) is 3. The molecule has 18 heavy (non-hydrogen) atoms. The van der Waals surface area contributed by atoms with E-state index in [0.29, 0.717) is 0 Å². The molecule has 0 spiro atoms. The SMILES string of the molecule is CCn1nc(C)cc1CSc1cccc(C=O)c1. The van der Waals surface area contributed by atoms with E-state index in [1.165, 1.54) is 5.69 Å². The summed E-state index contributed by atoms with van der Waals surface area (Å²) < 4.78 is 2.02. The van der Waals surface area contributed by atoms with E-state index >= 15 is 0 Å². The molecule has 0 N–H and O–H groups in total. The van der Waals surface area contributed by atoms with Crippen molar-refractivity contribution in [3.8, 4) is 0 Å². The van der Waals surface area contributed by atoms with E-state index in [1.807, 2.05) is 35.9 Å². The van der Waals surface area contributed by atoms with Crippen molar-refractivity contribution in [1.29, 1.82) is 0 Å². The molecule has 0 atom stereocenters. The molecule has 1 aromatic carbocycles. The van der Waals surface area contributed by atoms with Gasteiger partial charge in [-0.2, -0.15) is 5.10 Å². The Morgan fingerprint density at radius 1 is 1.39 bits per heavy atom. The fourth-order valence-corrected chi connectivity index (χ4v) is 2.77. The second kappa shape index (κ2) is 5.87. The molecular weight excluding hydrogens is 244 g/mol. The molecular formula is C14H16N2OS. The lowest BCUT2D eigenvalue weighted by atomic mass is 10.2. The predicted molar refractivity (Wildman–Crippen MR) is 74.0 cm³/mol. The molecule has 0 unspecified atom stereocenters. The van der Waals surface area contributed by atoms with Crippen LogP contribution in [0.2, 0.25) is 0 Å². The van der Waals surface area contributed by atoms with Crippen LogP contribution in [0.25, 0.3) is 0 Å². The van der Waals surface area contributed by atoms with Crippen molar-refractivity contribution in [3.63, 3.8) is 0 Å². The van der Waals surface area contributed by atoms with E-state index in [4.69, 9.17) is 0 Å². The zero-order chi connectivity index (χ0) is 13.0. The normalized spacial score (nSPS) is 10.6. The number of thioether (sulfide) groups is 1. The Morgan fingerprint density at radius 3 is 2.94 bits per heavy atom. The van der Waals surface area contributed by atoms with Crippen LogP contribution in [-0.4, -0.2) is 16.1 Å². The average Bonchev–Trinajstić information content (AvgIpc) is 2.77. The Morgan fingerprint density at radius 2 is 2.22 bits per heavy atom. The summed E-state index contributed by atoms with van der Waals surface area (Å²) in [6, 6.07) is 9.78. The van der Waals surface area contributed by atoms with Gasteiger partial charge in [0.05, 0.1) is 5.69 Å². The highest BCUT2D eigenvalue weighted by atomic mass is 32.2. The fourth-order valence-electron chi connectivity index (χ4n) is 1.82. The molecule has 1 heterocycles. The molecule has 0 fully saturated rings. The second-order valence-corrected chi connectivity index (χ2v) is 5.12. The Bertz CT molecular complexity index is 548. The lowest BCUT2D eigenvalue weighted by Crippen LogP contribution is -2.01. The first-order chi connectivity index (χ1) is 8.72. The second-order valence-electron chi connectivity index (χ2n) is 4.07. The molecule has 0 bridgehead atoms. The van der Waals surface area contributed by atoms with Crippen molar-refractivity contribution < 1.29 is 4.79 Å². The lowest BCUT2D eigenvalue weighted by molar-refractivity contribution is 0.112. The Kier molecular flexibility index (Phi) is 4.20. The van der Waals surface area contributed by atoms with Crippen LogP contribution in [0, 0.1) is 6.92 Å². The molecule has 4 heteroatoms. The number of carbonyl (C=O) groups excluding carboxylic acids is 1. The van der Waals surface area contributed by atoms with Gasteiger partial charge in [0.1, 0.15) is 6.29 Å². The van der Waals surface area contributed by atoms with Gasteiger partial charge in [-0.1, -0.05) is 12.1 Å². The molecule has 2 rings (SSSR count). The number of benzene rings is 1. The zero-order valence-corrected chi connectivity index (χ0v) is 11.4. The minimum Gasteiger partial charge on any atom is -0.298 e. The third-order valence-electron chi connectivity index (χ3n) is 2.67. The molecule has 94 valence electrons. The standard InChI is InChI=1S/C14H16N2OS/c1-3-16-13(7-11(2)15-16)10-18-14-6-4-5-12(8-14)9-17/h4-9H,3,10H2,1-2H3. The van der Waals surface area contributed by atoms with Crippen LogP contribution in [0.4, 0.5) is 0 Å². The van der Waals surface area contributed by atoms with Gasteiger partial charge in [0.15, 0.2) is 0 Å². The third-order valence-corrected chi connectivity index (χ3v) is 3.69. The van der Waals surface area contributed by atoms with Gasteiger partial charge in [-0.3, -0.25) is 9.48 Å². The first-order valence-corrected chi connectivity index (χ1v) is 6.93. The minimum atomic E-state index is 0.722. The molecule has 0 aliphatic carbocycles. The Balaban J connectivity index is 2.08. The highest BCUT2D eigenvalue weighted by Crippen LogP contribution is 2.23. The number of hydrogen-bond donors (Lipinski definition) is 0. The van der Waals surface area contributed by atoms with Crippen molar-refractivity contribution in [2.45, 2.75) is 31.0 Å². The van der Waals surface area contributed by atoms with Crippen LogP contribution in [0.15, 0.2) is 35.2 Å². The van der Waals surface area contributed by atoms with E-state index in [0.717, 1.165) is 34.7 Å². The summed E-state index contributed by atoms with van der Waals surface area (Å²) in [5.41, 5.74) is 2.99. The Hall–Kier alpha value is -1.55. The molecule has 0 amide bonds. The predicted octanol–water partition coefficient (Wildman–Crippen LogP) is 3.32. The van der Waals surface area contributed by atoms with Crippen LogP contribution in [0.1, 0.15) is 28.7 Å². The highest BCUT2D eigenvalue weighted by molar-refractivity contribution is 7.98. The van der Waals surface area contributed by atoms with Crippen molar-refractivity contribution in [3.05, 3.63) is 47.3 Å². The maximum Gasteiger partial charge on any atom is 0.150 e. The number of rotatable bonds is 5. The number of nitrogens with zero attached hydrogens (tertiary/aromatic N) is 2. The first kappa shape index (κ1) is 12.9. The summed E-state index contributed by atoms with van der Waals surface area (Å²) in [6.45, 7) is 4.99. The van der Waals surface area contributed by atoms with Gasteiger partial charge in [-0.25, -0.2) is 0 Å². The van der Waals surface area contributed by atoms with E-state index in [9.17, 15) is 4.79 Å². The van der Waals surface area contributed by atoms with E-state index < -0.39 is 0 Å². The zero-order valence-electron chi connectivity index (χ0n) is 10.6. The third kappa shape index (κ3) is 3.01. The molecule has 0 aliphatic rings. The molecule has 0 aliphatic heterocycles. The largest absolute Gasteiger partial charge is 0.298 e. The van der Waals surface area contributed by atoms with Crippen LogP contribution in [0.3, 0.4) is 0 Å². The highest BCUT2D eigenvalue weighted by Gasteiger charge is 2.05. The summed E-state index contributed by atoms with van der Waals surface area (Å²) >= 11 is 1.73. The van der Waals surface area contributed by atoms with Crippen LogP contribution >= 0.6 is 11.8 Å². The number of aromatic nitrogens is 2. The number of aldehydes is 1. The van der Waals surface area contributed by atoms with Crippen molar-refractivity contribution >= 4 is 18.0 Å². The van der Waals surface area contributed by atoms with E-state index in [2.05, 4.69) is 18.1 Å². The summed E-state index contributed by atoms with van der Waals surface area (Å²) in [5.74, 6) is 0.872. The Labute approximate surface area is 111 Å². The van der Waals surface area contributed by atoms with Gasteiger partial charge in [0.2, 0.25) is 0 Å². The van der Waals surface area contributed by atoms with Crippen molar-refractivity contribution in [1.82, 2.24) is 9.78 Å². The maximum atomic E-state index is 10.7. The van der Waals surface area contributed by atoms with Gasteiger partial charge in [0, 0.05) is 28.5 Å². The smallest absolute Gasteiger partial charge is 0.150 e. The van der Waals surface area contributed by atoms with Gasteiger partial charge in [-0.05, 0) is 32.0 Å². The fraction of sp³-hybridized carbons (Fsp3) is 0.286. The number of carbonyl (C=O) groups is 1. The van der Waals surface area contributed by atoms with Crippen molar-refractivity contribution in [2.24, 2.45) is 0 Å². The van der Waals surface area contributed by atoms with E-state index in [1.54, 1.807) is 11.8 Å². The molecule has 1 aromatic heterocycles. The summed E-state index contributed by atoms with van der Waals surface area (Å²) in [6.07, 6.45) is 0.879. The number of aryl methyl sites for hydroxylation is 2. The molecule has 0 saturated heterocycles. The van der Waals surface area contributed by atoms with Gasteiger partial charge < -0.3 is 0 Å². The summed E-state index contributed by atoms with van der Waals surface area (Å²) in [4.78, 5) is 11.8. The summed E-state index contributed by atoms with van der Waals surface area (Å²) in [5, 5.41) is 4.42. The molecule has 2 aromatic rings. The maximum absolute atomic E-state index is 10.7. The van der Waals surface area contributed by atoms with Crippen LogP contribution in [-0.2, 0) is 12.3 Å². The first-order valence-electron chi connectivity index (χ1n) is 5.94. The average molecular weight is 260 g/mol. The quantitative estimate of drug-likeness (QED) is 0.611. The molecule has 0 saturated carbocycles. The minimum absolute atomic E-state index is 0.722. The van der Waals surface area contributed by atoms with E-state index in [-0.39, 0.29) is 0 Å². The van der Waals surface area contributed by atoms with Gasteiger partial charge in [0.25, 0.3) is 0 Å². The van der Waals surface area contributed by atoms with Gasteiger partial charge >= 0.3 is 0 Å².